The Morgan fingerprint density at radius 2 is 1.20 bits per heavy atom. The largest absolute Gasteiger partial charge is 0.391 e. The number of aliphatic hydroxyl groups is 2. The van der Waals surface area contributed by atoms with Gasteiger partial charge >= 0.3 is 0 Å². The predicted molar refractivity (Wildman–Crippen MR) is 324 cm³/mol. The molecular weight excluding hydrogens is 1140 g/mol. The number of methoxy groups -OCH3 is 1. The van der Waals surface area contributed by atoms with E-state index in [4.69, 9.17) is 16.2 Å². The molecule has 28 nitrogen and oxygen atoms in total. The minimum atomic E-state index is -2.01. The summed E-state index contributed by atoms with van der Waals surface area (Å²) in [5, 5.41) is 42.9. The number of primary amides is 2. The van der Waals surface area contributed by atoms with Crippen molar-refractivity contribution in [2.45, 2.75) is 251 Å². The molecule has 28 heteroatoms. The molecule has 88 heavy (non-hydrogen) atoms. The van der Waals surface area contributed by atoms with E-state index in [9.17, 15) is 72.5 Å². The molecule has 12 amide bonds. The summed E-state index contributed by atoms with van der Waals surface area (Å²) in [4.78, 5) is 181. The summed E-state index contributed by atoms with van der Waals surface area (Å²) < 4.78 is 5.45. The number of amides is 12. The second kappa shape index (κ2) is 38.4. The summed E-state index contributed by atoms with van der Waals surface area (Å²) in [6.07, 6.45) is 4.55. The number of ether oxygens (including phenoxy) is 1. The molecule has 0 saturated carbocycles. The van der Waals surface area contributed by atoms with Crippen LogP contribution in [0.15, 0.2) is 11.8 Å². The van der Waals surface area contributed by atoms with Gasteiger partial charge in [0.05, 0.1) is 24.7 Å². The fourth-order valence-corrected chi connectivity index (χ4v) is 10.5. The number of hydrogen-bond donors (Lipinski definition) is 12. The van der Waals surface area contributed by atoms with Crippen molar-refractivity contribution in [2.75, 3.05) is 20.7 Å². The molecule has 2 saturated heterocycles. The zero-order valence-corrected chi connectivity index (χ0v) is 53.6. The molecule has 2 aliphatic rings. The van der Waals surface area contributed by atoms with E-state index in [-0.39, 0.29) is 30.9 Å². The first kappa shape index (κ1) is 77.0. The second-order valence-electron chi connectivity index (χ2n) is 24.0. The van der Waals surface area contributed by atoms with Crippen molar-refractivity contribution in [1.82, 2.24) is 52.3 Å². The minimum Gasteiger partial charge on any atom is -0.391 e. The summed E-state index contributed by atoms with van der Waals surface area (Å²) in [7, 11) is 2.41. The first-order valence-corrected chi connectivity index (χ1v) is 31.0. The van der Waals surface area contributed by atoms with Crippen LogP contribution in [0.25, 0.3) is 0 Å². The number of unbranched alkanes of at least 4 members (excludes halogenated alkanes) is 7. The number of ketones is 1. The van der Waals surface area contributed by atoms with Crippen molar-refractivity contribution >= 4 is 76.7 Å². The summed E-state index contributed by atoms with van der Waals surface area (Å²) in [6.45, 7) is 15.2. The molecule has 0 aliphatic carbocycles. The molecule has 13 atom stereocenters. The molecule has 0 aromatic carbocycles. The Hall–Kier alpha value is -7.07. The lowest BCUT2D eigenvalue weighted by atomic mass is 9.90. The molecule has 0 aromatic rings. The number of hydrogen-bond acceptors (Lipinski definition) is 16. The molecule has 2 aliphatic heterocycles. The average Bonchev–Trinajstić information content (AvgIpc) is 1.74. The quantitative estimate of drug-likeness (QED) is 0.0424. The average molecular weight is 1250 g/mol. The van der Waals surface area contributed by atoms with Gasteiger partial charge in [-0.2, -0.15) is 0 Å². The van der Waals surface area contributed by atoms with Gasteiger partial charge in [-0.3, -0.25) is 62.3 Å². The van der Waals surface area contributed by atoms with Gasteiger partial charge in [0.2, 0.25) is 59.1 Å². The molecule has 2 rings (SSSR count). The predicted octanol–water partition coefficient (Wildman–Crippen LogP) is -0.613. The minimum absolute atomic E-state index is 0.0385. The van der Waals surface area contributed by atoms with Crippen molar-refractivity contribution in [3.63, 3.8) is 0 Å². The summed E-state index contributed by atoms with van der Waals surface area (Å²) in [6, 6.07) is -13.7. The van der Waals surface area contributed by atoms with Gasteiger partial charge in [-0.25, -0.2) is 0 Å². The summed E-state index contributed by atoms with van der Waals surface area (Å²) >= 11 is 0. The van der Waals surface area contributed by atoms with Gasteiger partial charge in [0.15, 0.2) is 6.10 Å². The van der Waals surface area contributed by atoms with Crippen LogP contribution in [0.1, 0.15) is 178 Å². The third kappa shape index (κ3) is 24.5. The number of rotatable bonds is 24. The number of nitrogens with one attached hydrogen (secondary N) is 8. The maximum absolute atomic E-state index is 14.8. The van der Waals surface area contributed by atoms with Gasteiger partial charge < -0.3 is 78.8 Å². The van der Waals surface area contributed by atoms with Gasteiger partial charge in [-0.05, 0) is 84.0 Å². The number of likely N-dealkylation sites (N-methyl/N-ethyl adjacent to an activating group) is 1. The van der Waals surface area contributed by atoms with Crippen LogP contribution in [0, 0.1) is 17.8 Å². The van der Waals surface area contributed by atoms with Crippen molar-refractivity contribution in [1.29, 1.82) is 0 Å². The van der Waals surface area contributed by atoms with E-state index in [1.165, 1.54) is 41.0 Å². The van der Waals surface area contributed by atoms with Crippen LogP contribution in [0.3, 0.4) is 0 Å². The fraction of sp³-hybridized carbons (Fsp3) is 0.750. The van der Waals surface area contributed by atoms with E-state index in [2.05, 4.69) is 42.5 Å². The third-order valence-corrected chi connectivity index (χ3v) is 16.1. The highest BCUT2D eigenvalue weighted by atomic mass is 16.5. The van der Waals surface area contributed by atoms with E-state index in [1.807, 2.05) is 6.92 Å². The fourth-order valence-electron chi connectivity index (χ4n) is 10.5. The number of Topliss-reactive ketones (excluding diaryl/α,β-unsaturated/α-hetero) is 1. The Kier molecular flexibility index (Phi) is 33.6. The normalized spacial score (nSPS) is 26.5. The highest BCUT2D eigenvalue weighted by molar-refractivity contribution is 6.03. The first-order chi connectivity index (χ1) is 41.3. The molecule has 2 fully saturated rings. The molecule has 2 heterocycles. The molecule has 0 aromatic heterocycles. The lowest BCUT2D eigenvalue weighted by Crippen LogP contribution is -2.63. The van der Waals surface area contributed by atoms with E-state index >= 15 is 0 Å². The van der Waals surface area contributed by atoms with E-state index in [0.717, 1.165) is 68.1 Å². The Morgan fingerprint density at radius 1 is 0.648 bits per heavy atom. The topological polar surface area (TPSA) is 426 Å². The van der Waals surface area contributed by atoms with Crippen LogP contribution in [0.4, 0.5) is 0 Å². The van der Waals surface area contributed by atoms with Crippen molar-refractivity contribution in [2.24, 2.45) is 29.2 Å². The Morgan fingerprint density at radius 3 is 1.75 bits per heavy atom. The van der Waals surface area contributed by atoms with Gasteiger partial charge in [0.25, 0.3) is 11.8 Å². The standard InChI is InChI=1S/C60H102N12O16/c1-13-24-38(74)26-22-20-18-16-15-17-19-21-25-34(7)47-50(77)58(85)67-45(32(3)4)55(82)64-39(14-2)52(79)66-46(33(5)6)56(83)69-48(36(9)73)57(84)65-40(28-29-43(61)75)53(80)63-35(8)51(78)70-49(37(10)88-12)60(87)71(11)42(31-44(62)76)59(86)72-30-23-27-41(72)54(81)68-47/h14,32-37,40-42,45-50,73,77H,13,15-31H2,1-12H3,(H2,61,75)(H2,62,76)(H,63,80)(H,64,82)(H,65,84)(H,66,79)(H,67,85)(H,68,81)(H,69,83)(H,70,78)/b39-14+/t34-,35+,36+,37?,40-,41-,42-,45-,46-,47+,48-,49-,50+/m0/s1. The van der Waals surface area contributed by atoms with E-state index in [1.54, 1.807) is 34.6 Å². The summed E-state index contributed by atoms with van der Waals surface area (Å²) in [5.74, 6) is -13.4. The van der Waals surface area contributed by atoms with Crippen molar-refractivity contribution < 1.29 is 77.3 Å². The van der Waals surface area contributed by atoms with Crippen LogP contribution >= 0.6 is 0 Å². The Balaban J connectivity index is 2.76. The third-order valence-electron chi connectivity index (χ3n) is 16.1. The number of carbonyl (C=O) groups excluding carboxylic acids is 13. The molecule has 0 spiro atoms. The Bertz CT molecular complexity index is 2460. The first-order valence-electron chi connectivity index (χ1n) is 31.0. The maximum Gasteiger partial charge on any atom is 0.268 e. The lowest BCUT2D eigenvalue weighted by molar-refractivity contribution is -0.151. The van der Waals surface area contributed by atoms with Gasteiger partial charge in [0.1, 0.15) is 59.8 Å². The number of aliphatic hydroxyl groups excluding tert-OH is 2. The highest BCUT2D eigenvalue weighted by Gasteiger charge is 2.45. The molecular formula is C60H102N12O16. The van der Waals surface area contributed by atoms with Gasteiger partial charge in [-0.1, -0.05) is 92.6 Å². The van der Waals surface area contributed by atoms with E-state index < -0.39 is 181 Å². The van der Waals surface area contributed by atoms with Gasteiger partial charge in [-0.15, -0.1) is 0 Å². The molecule has 498 valence electrons. The van der Waals surface area contributed by atoms with Crippen molar-refractivity contribution in [3.05, 3.63) is 11.8 Å². The molecule has 0 bridgehead atoms. The van der Waals surface area contributed by atoms with E-state index in [0.29, 0.717) is 25.7 Å². The number of nitrogens with two attached hydrogens (primary N) is 2. The van der Waals surface area contributed by atoms with Crippen LogP contribution in [-0.4, -0.2) is 190 Å². The number of allylic oxidation sites excluding steroid dienone is 1. The van der Waals surface area contributed by atoms with Crippen molar-refractivity contribution in [3.8, 4) is 0 Å². The van der Waals surface area contributed by atoms with Crippen LogP contribution in [0.5, 0.6) is 0 Å². The maximum atomic E-state index is 14.8. The van der Waals surface area contributed by atoms with Crippen LogP contribution in [-0.2, 0) is 67.1 Å². The number of carbonyl (C=O) groups is 13. The van der Waals surface area contributed by atoms with Gasteiger partial charge in [0, 0.05) is 40.0 Å². The van der Waals surface area contributed by atoms with Crippen LogP contribution in [0.2, 0.25) is 0 Å². The number of nitrogens with zero attached hydrogens (tertiary/aromatic N) is 2. The summed E-state index contributed by atoms with van der Waals surface area (Å²) in [5.41, 5.74) is 10.7. The zero-order valence-electron chi connectivity index (χ0n) is 53.6. The zero-order chi connectivity index (χ0) is 66.7. The highest BCUT2D eigenvalue weighted by Crippen LogP contribution is 2.25. The smallest absolute Gasteiger partial charge is 0.268 e. The lowest BCUT2D eigenvalue weighted by Gasteiger charge is -2.36. The molecule has 14 N–H and O–H groups in total. The Labute approximate surface area is 517 Å². The van der Waals surface area contributed by atoms with Crippen LogP contribution < -0.4 is 54.0 Å². The second-order valence-corrected chi connectivity index (χ2v) is 24.0. The SMILES string of the molecule is C/C=C1/NC(=O)[C@H](C(C)C)NC(=O)[C@H](O)[C@@H]([C@@H](C)CCCCCCCCCCC(=O)CCC)NC(=O)[C@@H]2CCCN2C(=O)[C@H](CC(N)=O)N(C)C(=O)[C@H](C(C)OC)NC(=O)[C@@H](C)NC(=O)[C@H](CCC(N)=O)NC(=O)[C@H]([C@@H](C)O)NC(=O)[C@H](C(C)C)NC1=O. The molecule has 0 radical (unpaired) electrons. The molecule has 1 unspecified atom stereocenters. The monoisotopic (exact) mass is 1250 g/mol. The number of fused-ring (bicyclic) bond motifs is 1.